The molecule has 6 heteroatoms. The molecule has 0 saturated carbocycles. The summed E-state index contributed by atoms with van der Waals surface area (Å²) in [5.74, 6) is -0.961. The summed E-state index contributed by atoms with van der Waals surface area (Å²) in [4.78, 5) is 38.4. The maximum Gasteiger partial charge on any atom is 0.306 e. The van der Waals surface area contributed by atoms with Crippen LogP contribution in [0.3, 0.4) is 0 Å². The van der Waals surface area contributed by atoms with Crippen LogP contribution in [-0.2, 0) is 28.6 Å². The number of hydrogen-bond acceptors (Lipinski definition) is 6. The average Bonchev–Trinajstić information content (AvgIpc) is 3.48. The number of hydrogen-bond donors (Lipinski definition) is 0. The summed E-state index contributed by atoms with van der Waals surface area (Å²) in [6, 6.07) is 0. The Balaban J connectivity index is 4.47. The lowest BCUT2D eigenvalue weighted by molar-refractivity contribution is -0.167. The molecule has 1 atom stereocenters. The van der Waals surface area contributed by atoms with E-state index in [0.717, 1.165) is 141 Å². The Morgan fingerprint density at radius 1 is 0.256 bits per heavy atom. The van der Waals surface area contributed by atoms with Crippen LogP contribution >= 0.6 is 0 Å². The van der Waals surface area contributed by atoms with Gasteiger partial charge in [-0.05, 0) is 148 Å². The summed E-state index contributed by atoms with van der Waals surface area (Å²) in [7, 11) is 0. The fourth-order valence-electron chi connectivity index (χ4n) is 8.80. The Labute approximate surface area is 505 Å². The van der Waals surface area contributed by atoms with Gasteiger partial charge in [0.25, 0.3) is 0 Å². The zero-order valence-electron chi connectivity index (χ0n) is 52.9. The van der Waals surface area contributed by atoms with Crippen molar-refractivity contribution in [2.45, 2.75) is 290 Å². The quantitative estimate of drug-likeness (QED) is 0.0261. The lowest BCUT2D eigenvalue weighted by Crippen LogP contribution is -2.30. The molecule has 0 aromatic heterocycles. The zero-order chi connectivity index (χ0) is 59.2. The lowest BCUT2D eigenvalue weighted by Gasteiger charge is -2.18. The second-order valence-corrected chi connectivity index (χ2v) is 21.6. The fourth-order valence-corrected chi connectivity index (χ4v) is 8.80. The summed E-state index contributed by atoms with van der Waals surface area (Å²) >= 11 is 0. The predicted octanol–water partition coefficient (Wildman–Crippen LogP) is 23.3. The summed E-state index contributed by atoms with van der Waals surface area (Å²) in [6.45, 7) is 6.36. The Morgan fingerprint density at radius 2 is 0.476 bits per heavy atom. The lowest BCUT2D eigenvalue weighted by atomic mass is 10.0. The molecule has 0 heterocycles. The maximum absolute atomic E-state index is 12.9. The molecule has 0 aliphatic carbocycles. The van der Waals surface area contributed by atoms with Gasteiger partial charge < -0.3 is 14.2 Å². The number of esters is 3. The molecule has 6 nitrogen and oxygen atoms in total. The minimum absolute atomic E-state index is 0.103. The molecule has 0 aromatic carbocycles. The van der Waals surface area contributed by atoms with E-state index in [1.165, 1.54) is 96.3 Å². The highest BCUT2D eigenvalue weighted by molar-refractivity contribution is 5.71. The summed E-state index contributed by atoms with van der Waals surface area (Å²) < 4.78 is 16.9. The van der Waals surface area contributed by atoms with Crippen LogP contribution in [0.25, 0.3) is 0 Å². The SMILES string of the molecule is CC/C=C\C/C=C\C/C=C\C/C=C\C/C=C\C/C=C\C/C=C\C/C=C\CCCCC(=O)OCC(COC(=O)CCCCCCC/C=C\CCCCCCC)OC(=O)CCCCCCCCCCCC/C=C\C/C=C\C/C=C\C/C=C\CC. The molecule has 0 aliphatic rings. The number of carbonyl (C=O) groups excluding carboxylic acids is 3. The first kappa shape index (κ1) is 77.0. The van der Waals surface area contributed by atoms with Crippen molar-refractivity contribution in [1.29, 1.82) is 0 Å². The van der Waals surface area contributed by atoms with Crippen molar-refractivity contribution < 1.29 is 28.6 Å². The van der Waals surface area contributed by atoms with Crippen molar-refractivity contribution in [3.8, 4) is 0 Å². The Hall–Kier alpha value is -4.97. The summed E-state index contributed by atoms with van der Waals surface area (Å²) in [6.07, 6.45) is 99.6. The van der Waals surface area contributed by atoms with Crippen molar-refractivity contribution in [2.75, 3.05) is 13.2 Å². The number of rotatable bonds is 59. The van der Waals surface area contributed by atoms with Crippen LogP contribution < -0.4 is 0 Å². The summed E-state index contributed by atoms with van der Waals surface area (Å²) in [5, 5.41) is 0. The van der Waals surface area contributed by atoms with Crippen molar-refractivity contribution in [3.63, 3.8) is 0 Å². The highest BCUT2D eigenvalue weighted by atomic mass is 16.6. The van der Waals surface area contributed by atoms with Crippen LogP contribution in [0.4, 0.5) is 0 Å². The van der Waals surface area contributed by atoms with Gasteiger partial charge in [-0.3, -0.25) is 14.4 Å². The molecule has 462 valence electrons. The molecule has 0 spiro atoms. The van der Waals surface area contributed by atoms with Gasteiger partial charge in [-0.2, -0.15) is 0 Å². The standard InChI is InChI=1S/C76H122O6/c1-4-7-10-13-16-19-22-25-28-30-32-34-36-37-38-39-41-42-44-46-48-51-54-57-60-63-66-69-75(78)81-72-73(71-80-74(77)68-65-62-59-56-53-50-27-24-21-18-15-12-9-6-3)82-76(79)70-67-64-61-58-55-52-49-47-45-43-40-35-33-31-29-26-23-20-17-14-11-8-5-2/h7-8,10-11,16-17,19-20,24-29,32-35,37-38,41-42,46,48,54,57,73H,4-6,9,12-15,18,21-23,30-31,36,39-40,43-45,47,49-53,55-56,58-72H2,1-3H3/b10-7-,11-8-,19-16-,20-17-,27-24-,28-25-,29-26-,34-32-,35-33-,38-37-,42-41-,48-46-,57-54-. The zero-order valence-corrected chi connectivity index (χ0v) is 52.9. The van der Waals surface area contributed by atoms with E-state index in [-0.39, 0.29) is 31.1 Å². The van der Waals surface area contributed by atoms with Gasteiger partial charge in [0, 0.05) is 19.3 Å². The minimum atomic E-state index is -0.811. The smallest absolute Gasteiger partial charge is 0.306 e. The van der Waals surface area contributed by atoms with E-state index >= 15 is 0 Å². The Bertz CT molecular complexity index is 1830. The van der Waals surface area contributed by atoms with E-state index < -0.39 is 6.10 Å². The second kappa shape index (κ2) is 68.5. The van der Waals surface area contributed by atoms with Crippen LogP contribution in [0.2, 0.25) is 0 Å². The molecule has 0 radical (unpaired) electrons. The van der Waals surface area contributed by atoms with E-state index in [1.807, 2.05) is 0 Å². The highest BCUT2D eigenvalue weighted by Gasteiger charge is 2.19. The predicted molar refractivity (Wildman–Crippen MR) is 357 cm³/mol. The van der Waals surface area contributed by atoms with Crippen LogP contribution in [0.15, 0.2) is 158 Å². The van der Waals surface area contributed by atoms with Crippen LogP contribution in [0, 0.1) is 0 Å². The maximum atomic E-state index is 12.9. The van der Waals surface area contributed by atoms with Crippen molar-refractivity contribution >= 4 is 17.9 Å². The molecule has 0 fully saturated rings. The molecule has 0 aliphatic heterocycles. The first-order chi connectivity index (χ1) is 40.5. The van der Waals surface area contributed by atoms with Crippen molar-refractivity contribution in [2.24, 2.45) is 0 Å². The van der Waals surface area contributed by atoms with Gasteiger partial charge in [-0.15, -0.1) is 0 Å². The van der Waals surface area contributed by atoms with E-state index in [2.05, 4.69) is 179 Å². The Kier molecular flexibility index (Phi) is 64.4. The molecule has 1 unspecified atom stereocenters. The molecule has 0 saturated heterocycles. The van der Waals surface area contributed by atoms with Gasteiger partial charge in [0.15, 0.2) is 6.10 Å². The molecule has 0 N–H and O–H groups in total. The third-order valence-electron chi connectivity index (χ3n) is 13.7. The highest BCUT2D eigenvalue weighted by Crippen LogP contribution is 2.15. The number of unbranched alkanes of at least 4 members (excludes halogenated alkanes) is 22. The molecular weight excluding hydrogens is 1010 g/mol. The Morgan fingerprint density at radius 3 is 0.780 bits per heavy atom. The van der Waals surface area contributed by atoms with Crippen molar-refractivity contribution in [1.82, 2.24) is 0 Å². The molecule has 0 bridgehead atoms. The van der Waals surface area contributed by atoms with Gasteiger partial charge in [0.2, 0.25) is 0 Å². The number of allylic oxidation sites excluding steroid dienone is 26. The first-order valence-corrected chi connectivity index (χ1v) is 33.5. The third kappa shape index (κ3) is 65.8. The summed E-state index contributed by atoms with van der Waals surface area (Å²) in [5.41, 5.74) is 0. The van der Waals surface area contributed by atoms with E-state index in [9.17, 15) is 14.4 Å². The molecule has 0 rings (SSSR count). The van der Waals surface area contributed by atoms with E-state index in [4.69, 9.17) is 14.2 Å². The molecule has 0 aromatic rings. The number of carbonyl (C=O) groups is 3. The third-order valence-corrected chi connectivity index (χ3v) is 13.7. The van der Waals surface area contributed by atoms with Crippen LogP contribution in [0.1, 0.15) is 284 Å². The molecule has 0 amide bonds. The van der Waals surface area contributed by atoms with Gasteiger partial charge in [-0.1, -0.05) is 275 Å². The van der Waals surface area contributed by atoms with Crippen LogP contribution in [0.5, 0.6) is 0 Å². The molecule has 82 heavy (non-hydrogen) atoms. The van der Waals surface area contributed by atoms with E-state index in [0.29, 0.717) is 25.7 Å². The van der Waals surface area contributed by atoms with E-state index in [1.54, 1.807) is 0 Å². The van der Waals surface area contributed by atoms with Gasteiger partial charge >= 0.3 is 17.9 Å². The number of ether oxygens (including phenoxy) is 3. The molecular formula is C76H122O6. The normalized spacial score (nSPS) is 13.2. The van der Waals surface area contributed by atoms with Crippen LogP contribution in [-0.4, -0.2) is 37.2 Å². The minimum Gasteiger partial charge on any atom is -0.462 e. The van der Waals surface area contributed by atoms with Gasteiger partial charge in [0.1, 0.15) is 13.2 Å². The fraction of sp³-hybridized carbons (Fsp3) is 0.618. The first-order valence-electron chi connectivity index (χ1n) is 33.5. The monoisotopic (exact) mass is 1130 g/mol. The van der Waals surface area contributed by atoms with Gasteiger partial charge in [0.05, 0.1) is 0 Å². The second-order valence-electron chi connectivity index (χ2n) is 21.6. The van der Waals surface area contributed by atoms with Crippen molar-refractivity contribution in [3.05, 3.63) is 158 Å². The van der Waals surface area contributed by atoms with Gasteiger partial charge in [-0.25, -0.2) is 0 Å². The topological polar surface area (TPSA) is 78.9 Å². The largest absolute Gasteiger partial charge is 0.462 e. The average molecular weight is 1130 g/mol.